The van der Waals surface area contributed by atoms with Crippen molar-refractivity contribution in [2.24, 2.45) is 11.0 Å². The number of hydrazone groups is 1. The van der Waals surface area contributed by atoms with Crippen LogP contribution in [0.25, 0.3) is 0 Å². The first-order chi connectivity index (χ1) is 15.3. The predicted octanol–water partition coefficient (Wildman–Crippen LogP) is 6.25. The second kappa shape index (κ2) is 9.60. The van der Waals surface area contributed by atoms with Gasteiger partial charge < -0.3 is 0 Å². The lowest BCUT2D eigenvalue weighted by Gasteiger charge is -2.32. The van der Waals surface area contributed by atoms with Crippen molar-refractivity contribution >= 4 is 52.1 Å². The van der Waals surface area contributed by atoms with Gasteiger partial charge in [-0.2, -0.15) is 10.5 Å². The number of hydrogen-bond donors (Lipinski definition) is 1. The maximum absolute atomic E-state index is 13.4. The van der Waals surface area contributed by atoms with Crippen molar-refractivity contribution in [1.29, 1.82) is 0 Å². The second-order valence-corrected chi connectivity index (χ2v) is 10.2. The first-order valence-electron chi connectivity index (χ1n) is 11.0. The van der Waals surface area contributed by atoms with E-state index in [0.717, 1.165) is 31.5 Å². The Morgan fingerprint density at radius 1 is 1.00 bits per heavy atom. The Morgan fingerprint density at radius 2 is 1.62 bits per heavy atom. The highest BCUT2D eigenvalue weighted by atomic mass is 35.5. The Morgan fingerprint density at radius 3 is 2.25 bits per heavy atom. The molecular weight excluding hydrogens is 467 g/mol. The molecule has 0 aliphatic carbocycles. The number of likely N-dealkylation sites (tertiary alicyclic amines) is 1. The van der Waals surface area contributed by atoms with Gasteiger partial charge in [0.1, 0.15) is 18.8 Å². The van der Waals surface area contributed by atoms with Gasteiger partial charge in [-0.05, 0) is 61.6 Å². The van der Waals surface area contributed by atoms with Crippen LogP contribution >= 0.6 is 34.8 Å². The summed E-state index contributed by atoms with van der Waals surface area (Å²) in [4.78, 5) is 13.4. The smallest absolute Gasteiger partial charge is 0.263 e. The van der Waals surface area contributed by atoms with Crippen molar-refractivity contribution in [3.05, 3.63) is 63.1 Å². The molecule has 0 radical (unpaired) electrons. The molecule has 4 rings (SSSR count). The van der Waals surface area contributed by atoms with Gasteiger partial charge in [-0.15, -0.1) is 0 Å². The SMILES string of the molecule is C[C@@H]1C(C(=O)N[N+]2(C)CCCCCC2)=NN(c2ccc(Cl)cc2Cl)[C@H]1c1ccc(Cl)cc1. The summed E-state index contributed by atoms with van der Waals surface area (Å²) in [7, 11) is 2.09. The van der Waals surface area contributed by atoms with Crippen LogP contribution in [-0.2, 0) is 4.79 Å². The number of nitrogens with zero attached hydrogens (tertiary/aromatic N) is 3. The summed E-state index contributed by atoms with van der Waals surface area (Å²) in [5.74, 6) is -0.282. The Hall–Kier alpha value is -1.79. The molecule has 2 aliphatic rings. The monoisotopic (exact) mass is 493 g/mol. The van der Waals surface area contributed by atoms with E-state index in [4.69, 9.17) is 39.9 Å². The normalized spacial score (nSPS) is 22.9. The van der Waals surface area contributed by atoms with E-state index in [9.17, 15) is 4.79 Å². The first kappa shape index (κ1) is 23.4. The minimum absolute atomic E-state index is 0.131. The summed E-state index contributed by atoms with van der Waals surface area (Å²) in [6.07, 6.45) is 4.64. The average molecular weight is 495 g/mol. The van der Waals surface area contributed by atoms with Crippen molar-refractivity contribution < 1.29 is 9.39 Å². The molecule has 0 unspecified atom stereocenters. The Bertz CT molecular complexity index is 1020. The van der Waals surface area contributed by atoms with Crippen molar-refractivity contribution in [3.63, 3.8) is 0 Å². The average Bonchev–Trinajstić information content (AvgIpc) is 2.93. The Balaban J connectivity index is 1.69. The fourth-order valence-electron chi connectivity index (χ4n) is 4.64. The van der Waals surface area contributed by atoms with Gasteiger partial charge in [0.05, 0.1) is 23.8 Å². The molecule has 8 heteroatoms. The maximum Gasteiger partial charge on any atom is 0.312 e. The van der Waals surface area contributed by atoms with Gasteiger partial charge in [-0.1, -0.05) is 53.9 Å². The second-order valence-electron chi connectivity index (χ2n) is 8.91. The highest BCUT2D eigenvalue weighted by molar-refractivity contribution is 6.40. The summed E-state index contributed by atoms with van der Waals surface area (Å²) in [6.45, 7) is 3.89. The third kappa shape index (κ3) is 4.91. The maximum atomic E-state index is 13.4. The van der Waals surface area contributed by atoms with Crippen molar-refractivity contribution in [1.82, 2.24) is 5.43 Å². The van der Waals surface area contributed by atoms with E-state index in [1.165, 1.54) is 12.8 Å². The molecule has 32 heavy (non-hydrogen) atoms. The zero-order valence-corrected chi connectivity index (χ0v) is 20.6. The number of benzene rings is 2. The summed E-state index contributed by atoms with van der Waals surface area (Å²) < 4.78 is 0.540. The number of carbonyl (C=O) groups excluding carboxylic acids is 1. The molecule has 1 fully saturated rings. The fourth-order valence-corrected chi connectivity index (χ4v) is 5.27. The molecule has 0 bridgehead atoms. The summed E-state index contributed by atoms with van der Waals surface area (Å²) in [6, 6.07) is 12.8. The Kier molecular flexibility index (Phi) is 7.01. The standard InChI is InChI=1S/C24H27Cl3N4O/c1-16-22(24(32)29-31(2)13-5-3-4-6-14-31)28-30(21-12-11-19(26)15-20(21)27)23(16)17-7-9-18(25)10-8-17/h7-12,15-16,23H,3-6,13-14H2,1-2H3/p+1/t16-,23-/m1/s1. The van der Waals surface area contributed by atoms with Crippen LogP contribution in [0.3, 0.4) is 0 Å². The van der Waals surface area contributed by atoms with E-state index in [2.05, 4.69) is 12.5 Å². The Labute approximate surface area is 204 Å². The number of amides is 1. The van der Waals surface area contributed by atoms with E-state index >= 15 is 0 Å². The zero-order chi connectivity index (χ0) is 22.9. The van der Waals surface area contributed by atoms with Crippen molar-refractivity contribution in [2.45, 2.75) is 38.6 Å². The van der Waals surface area contributed by atoms with Crippen LogP contribution < -0.4 is 10.4 Å². The quantitative estimate of drug-likeness (QED) is 0.510. The minimum atomic E-state index is -0.193. The highest BCUT2D eigenvalue weighted by Crippen LogP contribution is 2.42. The van der Waals surface area contributed by atoms with E-state index in [0.29, 0.717) is 31.1 Å². The topological polar surface area (TPSA) is 44.7 Å². The molecule has 2 heterocycles. The lowest BCUT2D eigenvalue weighted by atomic mass is 9.91. The number of rotatable bonds is 4. The number of quaternary nitrogens is 1. The molecule has 1 saturated heterocycles. The van der Waals surface area contributed by atoms with Crippen molar-refractivity contribution in [2.75, 3.05) is 25.1 Å². The first-order valence-corrected chi connectivity index (χ1v) is 12.2. The van der Waals surface area contributed by atoms with Gasteiger partial charge in [0, 0.05) is 16.0 Å². The molecule has 0 aromatic heterocycles. The number of anilines is 1. The van der Waals surface area contributed by atoms with Crippen LogP contribution in [0.15, 0.2) is 47.6 Å². The van der Waals surface area contributed by atoms with Gasteiger partial charge in [0.2, 0.25) is 0 Å². The lowest BCUT2D eigenvalue weighted by molar-refractivity contribution is -0.942. The highest BCUT2D eigenvalue weighted by Gasteiger charge is 2.42. The zero-order valence-electron chi connectivity index (χ0n) is 18.3. The molecule has 170 valence electrons. The molecule has 2 aromatic rings. The molecule has 2 aliphatic heterocycles. The van der Waals surface area contributed by atoms with Crippen LogP contribution in [-0.4, -0.2) is 36.3 Å². The summed E-state index contributed by atoms with van der Waals surface area (Å²) >= 11 is 18.8. The number of nitrogens with one attached hydrogen (secondary N) is 1. The van der Waals surface area contributed by atoms with E-state index < -0.39 is 0 Å². The van der Waals surface area contributed by atoms with E-state index in [1.807, 2.05) is 42.3 Å². The van der Waals surface area contributed by atoms with E-state index in [1.54, 1.807) is 12.1 Å². The number of hydrogen-bond acceptors (Lipinski definition) is 3. The van der Waals surface area contributed by atoms with Gasteiger partial charge in [-0.25, -0.2) is 4.59 Å². The van der Waals surface area contributed by atoms with Gasteiger partial charge in [-0.3, -0.25) is 9.80 Å². The molecular formula is C24H28Cl3N4O+. The van der Waals surface area contributed by atoms with Crippen molar-refractivity contribution in [3.8, 4) is 0 Å². The molecule has 1 amide bonds. The van der Waals surface area contributed by atoms with Crippen LogP contribution in [0.1, 0.15) is 44.2 Å². The minimum Gasteiger partial charge on any atom is -0.263 e. The molecule has 5 nitrogen and oxygen atoms in total. The lowest BCUT2D eigenvalue weighted by Crippen LogP contribution is -2.59. The van der Waals surface area contributed by atoms with E-state index in [-0.39, 0.29) is 17.9 Å². The summed E-state index contributed by atoms with van der Waals surface area (Å²) in [5.41, 5.74) is 5.47. The van der Waals surface area contributed by atoms with Gasteiger partial charge in [0.15, 0.2) is 0 Å². The number of halogens is 3. The largest absolute Gasteiger partial charge is 0.312 e. The third-order valence-corrected chi connectivity index (χ3v) is 7.20. The third-order valence-electron chi connectivity index (χ3n) is 6.41. The molecule has 2 aromatic carbocycles. The van der Waals surface area contributed by atoms with Gasteiger partial charge >= 0.3 is 5.91 Å². The van der Waals surface area contributed by atoms with Gasteiger partial charge in [0.25, 0.3) is 0 Å². The molecule has 0 spiro atoms. The molecule has 2 atom stereocenters. The molecule has 1 N–H and O–H groups in total. The van der Waals surface area contributed by atoms with Crippen LogP contribution in [0.2, 0.25) is 15.1 Å². The predicted molar refractivity (Wildman–Crippen MR) is 132 cm³/mol. The summed E-state index contributed by atoms with van der Waals surface area (Å²) in [5, 5.41) is 8.33. The molecule has 0 saturated carbocycles. The van der Waals surface area contributed by atoms with Crippen LogP contribution in [0.5, 0.6) is 0 Å². The van der Waals surface area contributed by atoms with Crippen LogP contribution in [0.4, 0.5) is 5.69 Å². The van der Waals surface area contributed by atoms with Crippen LogP contribution in [0, 0.1) is 5.92 Å². The number of carbonyl (C=O) groups is 1. The fraction of sp³-hybridized carbons (Fsp3) is 0.417.